The van der Waals surface area contributed by atoms with Crippen LogP contribution in [-0.4, -0.2) is 30.0 Å². The van der Waals surface area contributed by atoms with Crippen LogP contribution < -0.4 is 10.2 Å². The Kier molecular flexibility index (Phi) is 3.92. The summed E-state index contributed by atoms with van der Waals surface area (Å²) in [6.07, 6.45) is 1.78. The first-order valence-electron chi connectivity index (χ1n) is 6.87. The lowest BCUT2D eigenvalue weighted by molar-refractivity contribution is 0.0929. The molecule has 3 rings (SSSR count). The fourth-order valence-electron chi connectivity index (χ4n) is 2.41. The molecule has 1 aliphatic heterocycles. The molecule has 1 aromatic carbocycles. The van der Waals surface area contributed by atoms with Crippen molar-refractivity contribution in [2.24, 2.45) is 0 Å². The standard InChI is InChI=1S/C16H16BrN3O/c1-11-13(5-4-6-14(11)17)16(21)19-12-9-20(10-12)15-7-2-3-8-18-15/h2-8,12H,9-10H2,1H3,(H,19,21). The quantitative estimate of drug-likeness (QED) is 0.930. The number of halogens is 1. The minimum absolute atomic E-state index is 0.0144. The van der Waals surface area contributed by atoms with Gasteiger partial charge in [0.05, 0.1) is 6.04 Å². The monoisotopic (exact) mass is 345 g/mol. The molecule has 0 radical (unpaired) electrons. The van der Waals surface area contributed by atoms with Gasteiger partial charge in [0.1, 0.15) is 5.82 Å². The lowest BCUT2D eigenvalue weighted by Gasteiger charge is -2.40. The van der Waals surface area contributed by atoms with Crippen LogP contribution in [0.3, 0.4) is 0 Å². The molecule has 0 atom stereocenters. The predicted octanol–water partition coefficient (Wildman–Crippen LogP) is 2.77. The van der Waals surface area contributed by atoms with Crippen LogP contribution in [0.5, 0.6) is 0 Å². The maximum absolute atomic E-state index is 12.3. The van der Waals surface area contributed by atoms with Crippen LogP contribution >= 0.6 is 15.9 Å². The topological polar surface area (TPSA) is 45.2 Å². The fourth-order valence-corrected chi connectivity index (χ4v) is 2.78. The molecule has 2 aromatic rings. The van der Waals surface area contributed by atoms with E-state index in [0.29, 0.717) is 0 Å². The van der Waals surface area contributed by atoms with Gasteiger partial charge >= 0.3 is 0 Å². The van der Waals surface area contributed by atoms with E-state index < -0.39 is 0 Å². The van der Waals surface area contributed by atoms with E-state index in [-0.39, 0.29) is 11.9 Å². The number of amides is 1. The van der Waals surface area contributed by atoms with Crippen molar-refractivity contribution in [2.45, 2.75) is 13.0 Å². The highest BCUT2D eigenvalue weighted by Gasteiger charge is 2.29. The molecule has 1 N–H and O–H groups in total. The molecule has 0 unspecified atom stereocenters. The summed E-state index contributed by atoms with van der Waals surface area (Å²) in [5.41, 5.74) is 1.69. The lowest BCUT2D eigenvalue weighted by Crippen LogP contribution is -2.59. The number of nitrogens with one attached hydrogen (secondary N) is 1. The maximum atomic E-state index is 12.3. The van der Waals surface area contributed by atoms with Crippen LogP contribution in [0.2, 0.25) is 0 Å². The minimum atomic E-state index is -0.0144. The van der Waals surface area contributed by atoms with Gasteiger partial charge in [-0.3, -0.25) is 4.79 Å². The second-order valence-corrected chi connectivity index (χ2v) is 6.03. The van der Waals surface area contributed by atoms with Crippen LogP contribution in [0.4, 0.5) is 5.82 Å². The molecule has 1 saturated heterocycles. The van der Waals surface area contributed by atoms with Gasteiger partial charge in [0.2, 0.25) is 0 Å². The number of anilines is 1. The number of rotatable bonds is 3. The van der Waals surface area contributed by atoms with Crippen molar-refractivity contribution >= 4 is 27.7 Å². The molecule has 21 heavy (non-hydrogen) atoms. The summed E-state index contributed by atoms with van der Waals surface area (Å²) in [4.78, 5) is 18.8. The van der Waals surface area contributed by atoms with E-state index >= 15 is 0 Å². The molecule has 5 heteroatoms. The maximum Gasteiger partial charge on any atom is 0.251 e. The van der Waals surface area contributed by atoms with Gasteiger partial charge in [0.25, 0.3) is 5.91 Å². The molecule has 1 aromatic heterocycles. The normalized spacial score (nSPS) is 14.7. The van der Waals surface area contributed by atoms with Crippen molar-refractivity contribution < 1.29 is 4.79 Å². The van der Waals surface area contributed by atoms with Gasteiger partial charge in [-0.15, -0.1) is 0 Å². The molecule has 0 saturated carbocycles. The zero-order valence-electron chi connectivity index (χ0n) is 11.7. The Morgan fingerprint density at radius 2 is 2.10 bits per heavy atom. The zero-order chi connectivity index (χ0) is 14.8. The molecule has 0 aliphatic carbocycles. The van der Waals surface area contributed by atoms with E-state index in [0.717, 1.165) is 34.5 Å². The van der Waals surface area contributed by atoms with Crippen molar-refractivity contribution in [1.82, 2.24) is 10.3 Å². The minimum Gasteiger partial charge on any atom is -0.352 e. The van der Waals surface area contributed by atoms with E-state index in [9.17, 15) is 4.79 Å². The van der Waals surface area contributed by atoms with Gasteiger partial charge in [-0.25, -0.2) is 4.98 Å². The number of aromatic nitrogens is 1. The largest absolute Gasteiger partial charge is 0.352 e. The molecule has 1 aliphatic rings. The molecule has 1 fully saturated rings. The third kappa shape index (κ3) is 2.93. The highest BCUT2D eigenvalue weighted by Crippen LogP contribution is 2.21. The number of hydrogen-bond donors (Lipinski definition) is 1. The van der Waals surface area contributed by atoms with Gasteiger partial charge in [0.15, 0.2) is 0 Å². The third-order valence-corrected chi connectivity index (χ3v) is 4.56. The van der Waals surface area contributed by atoms with Gasteiger partial charge < -0.3 is 10.2 Å². The zero-order valence-corrected chi connectivity index (χ0v) is 13.3. The number of nitrogens with zero attached hydrogens (tertiary/aromatic N) is 2. The first-order valence-corrected chi connectivity index (χ1v) is 7.66. The molecule has 2 heterocycles. The molecule has 108 valence electrons. The summed E-state index contributed by atoms with van der Waals surface area (Å²) in [6.45, 7) is 3.55. The van der Waals surface area contributed by atoms with E-state index in [1.54, 1.807) is 6.20 Å². The van der Waals surface area contributed by atoms with Crippen molar-refractivity contribution in [2.75, 3.05) is 18.0 Å². The van der Waals surface area contributed by atoms with Crippen LogP contribution in [0.1, 0.15) is 15.9 Å². The number of pyridine rings is 1. The Hall–Kier alpha value is -1.88. The second kappa shape index (κ2) is 5.85. The first kappa shape index (κ1) is 14.1. The number of hydrogen-bond acceptors (Lipinski definition) is 3. The van der Waals surface area contributed by atoms with Crippen LogP contribution in [0, 0.1) is 6.92 Å². The van der Waals surface area contributed by atoms with Crippen molar-refractivity contribution in [3.8, 4) is 0 Å². The smallest absolute Gasteiger partial charge is 0.251 e. The van der Waals surface area contributed by atoms with Gasteiger partial charge in [0, 0.05) is 29.3 Å². The highest BCUT2D eigenvalue weighted by atomic mass is 79.9. The summed E-state index contributed by atoms with van der Waals surface area (Å²) >= 11 is 3.46. The Morgan fingerprint density at radius 1 is 1.29 bits per heavy atom. The highest BCUT2D eigenvalue weighted by molar-refractivity contribution is 9.10. The molecular formula is C16H16BrN3O. The van der Waals surface area contributed by atoms with E-state index in [1.807, 2.05) is 43.3 Å². The number of benzene rings is 1. The average molecular weight is 346 g/mol. The number of carbonyl (C=O) groups is 1. The fraction of sp³-hybridized carbons (Fsp3) is 0.250. The van der Waals surface area contributed by atoms with Crippen molar-refractivity contribution in [3.05, 3.63) is 58.2 Å². The van der Waals surface area contributed by atoms with Gasteiger partial charge in [-0.05, 0) is 36.8 Å². The average Bonchev–Trinajstić information content (AvgIpc) is 2.46. The Labute approximate surface area is 132 Å². The molecule has 1 amide bonds. The van der Waals surface area contributed by atoms with E-state index in [2.05, 4.69) is 31.1 Å². The van der Waals surface area contributed by atoms with Crippen molar-refractivity contribution in [1.29, 1.82) is 0 Å². The van der Waals surface area contributed by atoms with Crippen LogP contribution in [0.15, 0.2) is 47.1 Å². The van der Waals surface area contributed by atoms with E-state index in [1.165, 1.54) is 0 Å². The summed E-state index contributed by atoms with van der Waals surface area (Å²) < 4.78 is 0.957. The van der Waals surface area contributed by atoms with Crippen molar-refractivity contribution in [3.63, 3.8) is 0 Å². The second-order valence-electron chi connectivity index (χ2n) is 5.18. The van der Waals surface area contributed by atoms with Gasteiger partial charge in [-0.2, -0.15) is 0 Å². The summed E-state index contributed by atoms with van der Waals surface area (Å²) in [6, 6.07) is 11.7. The molecule has 4 nitrogen and oxygen atoms in total. The molecule has 0 spiro atoms. The third-order valence-electron chi connectivity index (χ3n) is 3.70. The lowest BCUT2D eigenvalue weighted by atomic mass is 10.1. The van der Waals surface area contributed by atoms with E-state index in [4.69, 9.17) is 0 Å². The van der Waals surface area contributed by atoms with Crippen LogP contribution in [-0.2, 0) is 0 Å². The predicted molar refractivity (Wildman–Crippen MR) is 86.6 cm³/mol. The van der Waals surface area contributed by atoms with Crippen LogP contribution in [0.25, 0.3) is 0 Å². The summed E-state index contributed by atoms with van der Waals surface area (Å²) in [5.74, 6) is 0.945. The summed E-state index contributed by atoms with van der Waals surface area (Å²) in [7, 11) is 0. The Morgan fingerprint density at radius 3 is 2.81 bits per heavy atom. The number of carbonyl (C=O) groups excluding carboxylic acids is 1. The molecular weight excluding hydrogens is 330 g/mol. The summed E-state index contributed by atoms with van der Waals surface area (Å²) in [5, 5.41) is 3.07. The Balaban J connectivity index is 1.59. The Bertz CT molecular complexity index is 654. The first-order chi connectivity index (χ1) is 10.1. The molecule has 0 bridgehead atoms. The SMILES string of the molecule is Cc1c(Br)cccc1C(=O)NC1CN(c2ccccn2)C1. The van der Waals surface area contributed by atoms with Gasteiger partial charge in [-0.1, -0.05) is 28.1 Å².